The summed E-state index contributed by atoms with van der Waals surface area (Å²) in [4.78, 5) is 30.1. The third kappa shape index (κ3) is 5.09. The number of amides is 2. The molecule has 1 aromatic heterocycles. The smallest absolute Gasteiger partial charge is 0.328 e. The van der Waals surface area contributed by atoms with Crippen molar-refractivity contribution in [3.05, 3.63) is 9.88 Å². The lowest BCUT2D eigenvalue weighted by Gasteiger charge is -2.24. The largest absolute Gasteiger partial charge is 0.492 e. The van der Waals surface area contributed by atoms with Crippen LogP contribution in [0.1, 0.15) is 43.5 Å². The number of nitrogens with one attached hydrogen (secondary N) is 1. The Kier molecular flexibility index (Phi) is 6.80. The van der Waals surface area contributed by atoms with Crippen molar-refractivity contribution >= 4 is 23.3 Å². The van der Waals surface area contributed by atoms with E-state index in [-0.39, 0.29) is 24.3 Å². The summed E-state index contributed by atoms with van der Waals surface area (Å²) in [6, 6.07) is -1.12. The van der Waals surface area contributed by atoms with E-state index in [1.165, 1.54) is 23.3 Å². The molecule has 0 unspecified atom stereocenters. The van der Waals surface area contributed by atoms with Crippen LogP contribution in [0.15, 0.2) is 0 Å². The van der Waals surface area contributed by atoms with E-state index in [1.807, 2.05) is 27.7 Å². The van der Waals surface area contributed by atoms with Gasteiger partial charge in [0.1, 0.15) is 6.04 Å². The molecule has 1 rings (SSSR count). The molecule has 0 aliphatic rings. The lowest BCUT2D eigenvalue weighted by atomic mass is 10.1. The van der Waals surface area contributed by atoms with Gasteiger partial charge in [0.05, 0.1) is 23.5 Å². The second-order valence-electron chi connectivity index (χ2n) is 6.00. The summed E-state index contributed by atoms with van der Waals surface area (Å²) in [7, 11) is 2.88. The number of esters is 1. The molecule has 1 aromatic rings. The molecule has 0 saturated heterocycles. The molecule has 1 atom stereocenters. The second-order valence-corrected chi connectivity index (χ2v) is 7.12. The van der Waals surface area contributed by atoms with Crippen LogP contribution in [0.5, 0.6) is 5.88 Å². The number of aromatic hydroxyl groups is 1. The summed E-state index contributed by atoms with van der Waals surface area (Å²) in [6.07, 6.45) is 0. The van der Waals surface area contributed by atoms with Crippen molar-refractivity contribution in [3.8, 4) is 5.88 Å². The van der Waals surface area contributed by atoms with E-state index in [9.17, 15) is 14.7 Å². The summed E-state index contributed by atoms with van der Waals surface area (Å²) in [5.74, 6) is -0.413. The normalized spacial score (nSPS) is 12.3. The molecular weight excluding hydrogens is 318 g/mol. The van der Waals surface area contributed by atoms with E-state index in [4.69, 9.17) is 4.74 Å². The average molecular weight is 343 g/mol. The van der Waals surface area contributed by atoms with Crippen molar-refractivity contribution in [3.63, 3.8) is 0 Å². The molecular formula is C15H25N3O4S. The Morgan fingerprint density at radius 1 is 1.35 bits per heavy atom. The van der Waals surface area contributed by atoms with Gasteiger partial charge in [0.25, 0.3) is 0 Å². The Hall–Kier alpha value is -1.83. The molecule has 7 nitrogen and oxygen atoms in total. The van der Waals surface area contributed by atoms with E-state index >= 15 is 0 Å². The summed E-state index contributed by atoms with van der Waals surface area (Å²) < 4.78 is 4.70. The van der Waals surface area contributed by atoms with Crippen molar-refractivity contribution in [1.29, 1.82) is 0 Å². The van der Waals surface area contributed by atoms with Gasteiger partial charge in [-0.15, -0.1) is 11.3 Å². The number of hydrogen-bond donors (Lipinski definition) is 2. The summed E-state index contributed by atoms with van der Waals surface area (Å²) >= 11 is 1.37. The molecule has 0 aromatic carbocycles. The molecule has 2 amide bonds. The zero-order valence-corrected chi connectivity index (χ0v) is 15.2. The molecule has 23 heavy (non-hydrogen) atoms. The second kappa shape index (κ2) is 8.14. The summed E-state index contributed by atoms with van der Waals surface area (Å²) in [5.41, 5.74) is 0. The molecule has 8 heteroatoms. The molecule has 0 aliphatic heterocycles. The van der Waals surface area contributed by atoms with Gasteiger partial charge in [0.2, 0.25) is 5.88 Å². The number of aromatic nitrogens is 1. The maximum Gasteiger partial charge on any atom is 0.328 e. The van der Waals surface area contributed by atoms with Crippen LogP contribution >= 0.6 is 11.3 Å². The maximum atomic E-state index is 12.2. The van der Waals surface area contributed by atoms with Crippen molar-refractivity contribution in [2.75, 3.05) is 14.2 Å². The Morgan fingerprint density at radius 3 is 2.39 bits per heavy atom. The fraction of sp³-hybridized carbons (Fsp3) is 0.667. The highest BCUT2D eigenvalue weighted by atomic mass is 32.1. The lowest BCUT2D eigenvalue weighted by Crippen LogP contribution is -2.49. The van der Waals surface area contributed by atoms with Crippen LogP contribution < -0.4 is 5.32 Å². The number of urea groups is 1. The van der Waals surface area contributed by atoms with E-state index in [0.717, 1.165) is 5.01 Å². The number of carbonyl (C=O) groups excluding carboxylic acids is 2. The van der Waals surface area contributed by atoms with Crippen LogP contribution in [0.4, 0.5) is 4.79 Å². The van der Waals surface area contributed by atoms with Crippen molar-refractivity contribution in [2.24, 2.45) is 5.92 Å². The zero-order valence-electron chi connectivity index (χ0n) is 14.4. The first-order chi connectivity index (χ1) is 10.7. The highest BCUT2D eigenvalue weighted by molar-refractivity contribution is 7.12. The third-order valence-corrected chi connectivity index (χ3v) is 4.65. The number of ether oxygens (including phenoxy) is 1. The number of thiazole rings is 1. The van der Waals surface area contributed by atoms with Gasteiger partial charge in [-0.2, -0.15) is 0 Å². The molecule has 0 bridgehead atoms. The SMILES string of the molecule is COC(=O)[C@@H](NC(=O)N(C)Cc1sc(C(C)C)nc1O)C(C)C. The summed E-state index contributed by atoms with van der Waals surface area (Å²) in [6.45, 7) is 7.84. The minimum absolute atomic E-state index is 0.0493. The van der Waals surface area contributed by atoms with Gasteiger partial charge in [-0.3, -0.25) is 0 Å². The van der Waals surface area contributed by atoms with E-state index < -0.39 is 18.0 Å². The van der Waals surface area contributed by atoms with Crippen molar-refractivity contribution in [2.45, 2.75) is 46.2 Å². The average Bonchev–Trinajstić information content (AvgIpc) is 2.84. The molecule has 1 heterocycles. The molecule has 0 saturated carbocycles. The predicted octanol–water partition coefficient (Wildman–Crippen LogP) is 2.31. The van der Waals surface area contributed by atoms with Crippen LogP contribution in [-0.2, 0) is 16.1 Å². The van der Waals surface area contributed by atoms with Gasteiger partial charge in [-0.1, -0.05) is 27.7 Å². The first-order valence-electron chi connectivity index (χ1n) is 7.45. The Morgan fingerprint density at radius 2 is 1.96 bits per heavy atom. The molecule has 0 spiro atoms. The van der Waals surface area contributed by atoms with Crippen molar-refractivity contribution in [1.82, 2.24) is 15.2 Å². The Labute approximate surface area is 140 Å². The number of methoxy groups -OCH3 is 1. The molecule has 0 fully saturated rings. The highest BCUT2D eigenvalue weighted by Crippen LogP contribution is 2.29. The standard InChI is InChI=1S/C15H25N3O4S/c1-8(2)11(14(20)22-6)16-15(21)18(5)7-10-12(19)17-13(23-10)9(3)4/h8-9,11,19H,7H2,1-6H3,(H,16,21)/t11-/m0/s1. The van der Waals surface area contributed by atoms with Gasteiger partial charge < -0.3 is 20.1 Å². The first-order valence-corrected chi connectivity index (χ1v) is 8.27. The Bertz CT molecular complexity index is 557. The fourth-order valence-electron chi connectivity index (χ4n) is 1.87. The predicted molar refractivity (Wildman–Crippen MR) is 88.5 cm³/mol. The maximum absolute atomic E-state index is 12.2. The molecule has 0 radical (unpaired) electrons. The number of nitrogens with zero attached hydrogens (tertiary/aromatic N) is 2. The summed E-state index contributed by atoms with van der Waals surface area (Å²) in [5, 5.41) is 13.3. The van der Waals surface area contributed by atoms with Crippen LogP contribution in [0.25, 0.3) is 0 Å². The van der Waals surface area contributed by atoms with Crippen LogP contribution in [0.2, 0.25) is 0 Å². The van der Waals surface area contributed by atoms with Crippen LogP contribution in [-0.4, -0.2) is 47.2 Å². The minimum atomic E-state index is -0.712. The van der Waals surface area contributed by atoms with Crippen LogP contribution in [0, 0.1) is 5.92 Å². The molecule has 2 N–H and O–H groups in total. The van der Waals surface area contributed by atoms with Gasteiger partial charge >= 0.3 is 12.0 Å². The lowest BCUT2D eigenvalue weighted by molar-refractivity contribution is -0.144. The zero-order chi connectivity index (χ0) is 17.7. The monoisotopic (exact) mass is 343 g/mol. The van der Waals surface area contributed by atoms with Gasteiger partial charge in [-0.25, -0.2) is 14.6 Å². The van der Waals surface area contributed by atoms with E-state index in [2.05, 4.69) is 10.3 Å². The minimum Gasteiger partial charge on any atom is -0.492 e. The number of carbonyl (C=O) groups is 2. The quantitative estimate of drug-likeness (QED) is 0.773. The number of rotatable bonds is 6. The first kappa shape index (κ1) is 19.2. The number of hydrogen-bond acceptors (Lipinski definition) is 6. The Balaban J connectivity index is 2.75. The topological polar surface area (TPSA) is 91.8 Å². The van der Waals surface area contributed by atoms with Gasteiger partial charge in [-0.05, 0) is 5.92 Å². The highest BCUT2D eigenvalue weighted by Gasteiger charge is 2.26. The fourth-order valence-corrected chi connectivity index (χ4v) is 2.88. The third-order valence-electron chi connectivity index (χ3n) is 3.32. The molecule has 130 valence electrons. The van der Waals surface area contributed by atoms with Gasteiger partial charge in [0.15, 0.2) is 0 Å². The molecule has 0 aliphatic carbocycles. The van der Waals surface area contributed by atoms with E-state index in [1.54, 1.807) is 7.05 Å². The van der Waals surface area contributed by atoms with Crippen molar-refractivity contribution < 1.29 is 19.4 Å². The van der Waals surface area contributed by atoms with Gasteiger partial charge in [0, 0.05) is 13.0 Å². The van der Waals surface area contributed by atoms with Crippen LogP contribution in [0.3, 0.4) is 0 Å². The van der Waals surface area contributed by atoms with E-state index in [0.29, 0.717) is 4.88 Å².